The first-order valence-electron chi connectivity index (χ1n) is 4.84. The molecule has 4 nitrogen and oxygen atoms in total. The van der Waals surface area contributed by atoms with E-state index in [1.807, 2.05) is 0 Å². The predicted octanol–water partition coefficient (Wildman–Crippen LogP) is 2.52. The number of nitrogens with one attached hydrogen (secondary N) is 1. The van der Waals surface area contributed by atoms with Gasteiger partial charge in [0.2, 0.25) is 5.28 Å². The van der Waals surface area contributed by atoms with E-state index in [1.165, 1.54) is 12.8 Å². The molecule has 0 aliphatic carbocycles. The second-order valence-electron chi connectivity index (χ2n) is 3.30. The first-order valence-corrected chi connectivity index (χ1v) is 5.22. The van der Waals surface area contributed by atoms with Crippen LogP contribution in [0.1, 0.15) is 33.1 Å². The Kier molecular flexibility index (Phi) is 4.59. The molecule has 1 aromatic heterocycles. The molecule has 0 aliphatic rings. The fraction of sp³-hybridized carbons (Fsp3) is 0.667. The zero-order valence-corrected chi connectivity index (χ0v) is 9.25. The van der Waals surface area contributed by atoms with Gasteiger partial charge in [0.25, 0.3) is 0 Å². The number of anilines is 1. The van der Waals surface area contributed by atoms with Crippen molar-refractivity contribution in [3.63, 3.8) is 0 Å². The van der Waals surface area contributed by atoms with Crippen molar-refractivity contribution in [2.75, 3.05) is 5.32 Å². The van der Waals surface area contributed by atoms with Gasteiger partial charge in [-0.3, -0.25) is 0 Å². The van der Waals surface area contributed by atoms with E-state index in [4.69, 9.17) is 11.6 Å². The Morgan fingerprint density at radius 3 is 3.00 bits per heavy atom. The quantitative estimate of drug-likeness (QED) is 0.819. The summed E-state index contributed by atoms with van der Waals surface area (Å²) in [5.41, 5.74) is 0. The summed E-state index contributed by atoms with van der Waals surface area (Å²) in [4.78, 5) is 4.00. The van der Waals surface area contributed by atoms with Crippen molar-refractivity contribution in [2.45, 2.75) is 39.2 Å². The molecule has 0 fully saturated rings. The average Bonchev–Trinajstić information content (AvgIpc) is 2.15. The Morgan fingerprint density at radius 1 is 1.57 bits per heavy atom. The minimum Gasteiger partial charge on any atom is -0.366 e. The summed E-state index contributed by atoms with van der Waals surface area (Å²) in [5, 5.41) is 10.7. The molecule has 1 rings (SSSR count). The van der Waals surface area contributed by atoms with E-state index in [-0.39, 0.29) is 5.28 Å². The standard InChI is InChI=1S/C9H15ClN4/c1-3-4-5-7(2)12-8-6-11-14-9(10)13-8/h6-7H,3-5H2,1-2H3,(H,12,13,14). The highest BCUT2D eigenvalue weighted by Crippen LogP contribution is 2.08. The van der Waals surface area contributed by atoms with E-state index in [1.54, 1.807) is 6.20 Å². The number of hydrogen-bond acceptors (Lipinski definition) is 4. The maximum absolute atomic E-state index is 5.61. The molecule has 14 heavy (non-hydrogen) atoms. The molecule has 0 radical (unpaired) electrons. The van der Waals surface area contributed by atoms with E-state index in [0.717, 1.165) is 6.42 Å². The van der Waals surface area contributed by atoms with Gasteiger partial charge in [-0.1, -0.05) is 19.8 Å². The fourth-order valence-corrected chi connectivity index (χ4v) is 1.32. The second-order valence-corrected chi connectivity index (χ2v) is 3.64. The van der Waals surface area contributed by atoms with E-state index >= 15 is 0 Å². The van der Waals surface area contributed by atoms with Gasteiger partial charge in [0.05, 0.1) is 6.20 Å². The predicted molar refractivity (Wildman–Crippen MR) is 57.4 cm³/mol. The van der Waals surface area contributed by atoms with E-state index in [2.05, 4.69) is 34.3 Å². The molecule has 1 heterocycles. The molecule has 0 aliphatic heterocycles. The lowest BCUT2D eigenvalue weighted by atomic mass is 10.1. The van der Waals surface area contributed by atoms with Gasteiger partial charge in [0.15, 0.2) is 0 Å². The van der Waals surface area contributed by atoms with E-state index < -0.39 is 0 Å². The summed E-state index contributed by atoms with van der Waals surface area (Å²) in [6.45, 7) is 4.29. The minimum atomic E-state index is 0.178. The smallest absolute Gasteiger partial charge is 0.244 e. The molecular weight excluding hydrogens is 200 g/mol. The zero-order chi connectivity index (χ0) is 10.4. The first-order chi connectivity index (χ1) is 6.72. The van der Waals surface area contributed by atoms with Crippen LogP contribution in [0.15, 0.2) is 6.20 Å². The first kappa shape index (κ1) is 11.2. The Balaban J connectivity index is 2.43. The molecule has 0 amide bonds. The Hall–Kier alpha value is -0.900. The van der Waals surface area contributed by atoms with Gasteiger partial charge in [-0.25, -0.2) is 0 Å². The van der Waals surface area contributed by atoms with Crippen LogP contribution in [0.5, 0.6) is 0 Å². The van der Waals surface area contributed by atoms with Gasteiger partial charge in [-0.05, 0) is 24.9 Å². The third kappa shape index (κ3) is 3.87. The highest BCUT2D eigenvalue weighted by molar-refractivity contribution is 6.28. The molecule has 1 unspecified atom stereocenters. The van der Waals surface area contributed by atoms with Crippen LogP contribution in [0, 0.1) is 0 Å². The summed E-state index contributed by atoms with van der Waals surface area (Å²) in [5.74, 6) is 0.689. The topological polar surface area (TPSA) is 50.7 Å². The number of nitrogens with zero attached hydrogens (tertiary/aromatic N) is 3. The van der Waals surface area contributed by atoms with E-state index in [9.17, 15) is 0 Å². The number of aromatic nitrogens is 3. The molecule has 5 heteroatoms. The monoisotopic (exact) mass is 214 g/mol. The second kappa shape index (κ2) is 5.75. The third-order valence-electron chi connectivity index (χ3n) is 1.92. The number of hydrogen-bond donors (Lipinski definition) is 1. The molecule has 0 aromatic carbocycles. The molecule has 0 bridgehead atoms. The maximum Gasteiger partial charge on any atom is 0.244 e. The zero-order valence-electron chi connectivity index (χ0n) is 8.50. The molecule has 0 saturated carbocycles. The fourth-order valence-electron chi connectivity index (χ4n) is 1.19. The average molecular weight is 215 g/mol. The van der Waals surface area contributed by atoms with Gasteiger partial charge in [-0.15, -0.1) is 5.10 Å². The number of unbranched alkanes of at least 4 members (excludes halogenated alkanes) is 1. The summed E-state index contributed by atoms with van der Waals surface area (Å²) in [7, 11) is 0. The minimum absolute atomic E-state index is 0.178. The van der Waals surface area contributed by atoms with Crippen molar-refractivity contribution in [1.29, 1.82) is 0 Å². The molecule has 1 atom stereocenters. The van der Waals surface area contributed by atoms with Crippen molar-refractivity contribution in [2.24, 2.45) is 0 Å². The van der Waals surface area contributed by atoms with Gasteiger partial charge in [0.1, 0.15) is 5.82 Å². The normalized spacial score (nSPS) is 12.5. The van der Waals surface area contributed by atoms with Crippen molar-refractivity contribution in [3.05, 3.63) is 11.5 Å². The summed E-state index contributed by atoms with van der Waals surface area (Å²) >= 11 is 5.61. The van der Waals surface area contributed by atoms with Crippen molar-refractivity contribution in [3.8, 4) is 0 Å². The van der Waals surface area contributed by atoms with Crippen LogP contribution in [0.3, 0.4) is 0 Å². The Bertz CT molecular complexity index is 279. The van der Waals surface area contributed by atoms with Crippen molar-refractivity contribution >= 4 is 17.4 Å². The Morgan fingerprint density at radius 2 is 2.36 bits per heavy atom. The van der Waals surface area contributed by atoms with Crippen molar-refractivity contribution in [1.82, 2.24) is 15.2 Å². The SMILES string of the molecule is CCCCC(C)Nc1cnnc(Cl)n1. The Labute approximate surface area is 89.1 Å². The summed E-state index contributed by atoms with van der Waals surface area (Å²) in [6.07, 6.45) is 5.11. The molecule has 0 spiro atoms. The molecule has 0 saturated heterocycles. The van der Waals surface area contributed by atoms with Crippen LogP contribution >= 0.6 is 11.6 Å². The number of rotatable bonds is 5. The maximum atomic E-state index is 5.61. The highest BCUT2D eigenvalue weighted by Gasteiger charge is 2.03. The van der Waals surface area contributed by atoms with Crippen LogP contribution < -0.4 is 5.32 Å². The van der Waals surface area contributed by atoms with Crippen LogP contribution in [0.4, 0.5) is 5.82 Å². The van der Waals surface area contributed by atoms with Gasteiger partial charge in [-0.2, -0.15) is 10.1 Å². The summed E-state index contributed by atoms with van der Waals surface area (Å²) in [6, 6.07) is 0.391. The van der Waals surface area contributed by atoms with Crippen LogP contribution in [0.25, 0.3) is 0 Å². The highest BCUT2D eigenvalue weighted by atomic mass is 35.5. The number of halogens is 1. The van der Waals surface area contributed by atoms with Crippen LogP contribution in [-0.4, -0.2) is 21.2 Å². The summed E-state index contributed by atoms with van der Waals surface area (Å²) < 4.78 is 0. The lowest BCUT2D eigenvalue weighted by Crippen LogP contribution is -2.16. The molecular formula is C9H15ClN4. The van der Waals surface area contributed by atoms with Crippen LogP contribution in [0.2, 0.25) is 5.28 Å². The van der Waals surface area contributed by atoms with Crippen LogP contribution in [-0.2, 0) is 0 Å². The van der Waals surface area contributed by atoms with E-state index in [0.29, 0.717) is 11.9 Å². The largest absolute Gasteiger partial charge is 0.366 e. The van der Waals surface area contributed by atoms with Gasteiger partial charge < -0.3 is 5.32 Å². The lowest BCUT2D eigenvalue weighted by molar-refractivity contribution is 0.642. The van der Waals surface area contributed by atoms with Gasteiger partial charge >= 0.3 is 0 Å². The van der Waals surface area contributed by atoms with Crippen molar-refractivity contribution < 1.29 is 0 Å². The molecule has 1 N–H and O–H groups in total. The van der Waals surface area contributed by atoms with Gasteiger partial charge in [0, 0.05) is 6.04 Å². The third-order valence-corrected chi connectivity index (χ3v) is 2.08. The molecule has 78 valence electrons. The molecule has 1 aromatic rings. The lowest BCUT2D eigenvalue weighted by Gasteiger charge is -2.12.